The topological polar surface area (TPSA) is 92.7 Å². The Labute approximate surface area is 248 Å². The van der Waals surface area contributed by atoms with Gasteiger partial charge in [0.15, 0.2) is 0 Å². The molecule has 1 heterocycles. The molecule has 0 bridgehead atoms. The van der Waals surface area contributed by atoms with Crippen molar-refractivity contribution in [2.24, 2.45) is 0 Å². The van der Waals surface area contributed by atoms with E-state index in [1.165, 1.54) is 7.11 Å². The number of hydrogen-bond donors (Lipinski definition) is 0. The van der Waals surface area contributed by atoms with Crippen molar-refractivity contribution in [1.29, 1.82) is 0 Å². The monoisotopic (exact) mass is 567 g/mol. The molecule has 1 aromatic heterocycles. The molecule has 6 rings (SSSR count). The van der Waals surface area contributed by atoms with Crippen LogP contribution in [0.2, 0.25) is 0 Å². The first kappa shape index (κ1) is 27.2. The largest absolute Gasteiger partial charge is 0.465 e. The Morgan fingerprint density at radius 1 is 0.442 bits per heavy atom. The highest BCUT2D eigenvalue weighted by Gasteiger charge is 2.14. The van der Waals surface area contributed by atoms with Crippen LogP contribution >= 0.6 is 0 Å². The minimum Gasteiger partial charge on any atom is -0.465 e. The van der Waals surface area contributed by atoms with E-state index >= 15 is 0 Å². The summed E-state index contributed by atoms with van der Waals surface area (Å²) < 4.78 is 22.6. The number of benzene rings is 5. The molecular weight excluding hydrogens is 542 g/mol. The zero-order valence-electron chi connectivity index (χ0n) is 23.1. The molecule has 0 N–H and O–H groups in total. The van der Waals surface area contributed by atoms with E-state index < -0.39 is 5.97 Å². The van der Waals surface area contributed by atoms with Crippen LogP contribution in [0.15, 0.2) is 133 Å². The van der Waals surface area contributed by atoms with Gasteiger partial charge in [-0.3, -0.25) is 0 Å². The van der Waals surface area contributed by atoms with E-state index in [1.807, 2.05) is 109 Å². The molecule has 0 unspecified atom stereocenters. The lowest BCUT2D eigenvalue weighted by molar-refractivity contribution is 0.0600. The lowest BCUT2D eigenvalue weighted by Gasteiger charge is -2.11. The number of aromatic nitrogens is 3. The van der Waals surface area contributed by atoms with Crippen LogP contribution in [-0.2, 0) is 4.74 Å². The van der Waals surface area contributed by atoms with Crippen LogP contribution in [0.1, 0.15) is 10.4 Å². The second-order valence-electron chi connectivity index (χ2n) is 9.29. The molecule has 0 aliphatic carbocycles. The van der Waals surface area contributed by atoms with E-state index in [1.54, 1.807) is 24.3 Å². The van der Waals surface area contributed by atoms with Crippen LogP contribution in [0, 0.1) is 0 Å². The minimum atomic E-state index is -0.449. The van der Waals surface area contributed by atoms with Gasteiger partial charge in [0, 0.05) is 0 Å². The second-order valence-corrected chi connectivity index (χ2v) is 9.29. The van der Waals surface area contributed by atoms with E-state index in [9.17, 15) is 4.79 Å². The van der Waals surface area contributed by atoms with Crippen LogP contribution in [0.4, 0.5) is 0 Å². The van der Waals surface area contributed by atoms with Gasteiger partial charge >= 0.3 is 24.0 Å². The summed E-state index contributed by atoms with van der Waals surface area (Å²) in [5.74, 6) is 1.000. The van der Waals surface area contributed by atoms with Gasteiger partial charge in [0.25, 0.3) is 0 Å². The molecule has 43 heavy (non-hydrogen) atoms. The first-order valence-corrected chi connectivity index (χ1v) is 13.4. The molecular formula is C35H25N3O5. The fourth-order valence-electron chi connectivity index (χ4n) is 4.24. The van der Waals surface area contributed by atoms with Crippen LogP contribution in [-0.4, -0.2) is 28.0 Å². The molecule has 0 fully saturated rings. The highest BCUT2D eigenvalue weighted by molar-refractivity contribution is 5.89. The smallest absolute Gasteiger partial charge is 0.337 e. The zero-order chi connectivity index (χ0) is 29.4. The third kappa shape index (κ3) is 6.83. The number of methoxy groups -OCH3 is 1. The third-order valence-corrected chi connectivity index (χ3v) is 6.40. The molecule has 5 aromatic carbocycles. The van der Waals surface area contributed by atoms with E-state index in [4.69, 9.17) is 18.9 Å². The Balaban J connectivity index is 1.26. The van der Waals surface area contributed by atoms with Crippen molar-refractivity contribution in [1.82, 2.24) is 15.0 Å². The normalized spacial score (nSPS) is 10.5. The van der Waals surface area contributed by atoms with Gasteiger partial charge in [-0.25, -0.2) is 4.79 Å². The molecule has 0 spiro atoms. The zero-order valence-corrected chi connectivity index (χ0v) is 23.1. The molecule has 0 aliphatic rings. The Bertz CT molecular complexity index is 1710. The Hall–Kier alpha value is -6.02. The van der Waals surface area contributed by atoms with Crippen molar-refractivity contribution < 1.29 is 23.7 Å². The van der Waals surface area contributed by atoms with E-state index in [2.05, 4.69) is 15.0 Å². The number of esters is 1. The Morgan fingerprint density at radius 2 is 0.767 bits per heavy atom. The Kier molecular flexibility index (Phi) is 8.00. The van der Waals surface area contributed by atoms with E-state index in [-0.39, 0.29) is 18.0 Å². The average Bonchev–Trinajstić information content (AvgIpc) is 3.06. The number of ether oxygens (including phenoxy) is 4. The van der Waals surface area contributed by atoms with Crippen molar-refractivity contribution in [3.05, 3.63) is 139 Å². The second kappa shape index (κ2) is 12.7. The average molecular weight is 568 g/mol. The number of nitrogens with zero attached hydrogens (tertiary/aromatic N) is 3. The quantitative estimate of drug-likeness (QED) is 0.161. The van der Waals surface area contributed by atoms with Gasteiger partial charge in [-0.05, 0) is 70.8 Å². The molecule has 0 radical (unpaired) electrons. The first-order chi connectivity index (χ1) is 21.1. The van der Waals surface area contributed by atoms with Crippen LogP contribution in [0.3, 0.4) is 0 Å². The number of carbonyl (C=O) groups excluding carboxylic acids is 1. The van der Waals surface area contributed by atoms with Gasteiger partial charge in [-0.15, -0.1) is 15.0 Å². The highest BCUT2D eigenvalue weighted by atomic mass is 16.5. The molecule has 0 amide bonds. The molecule has 8 nitrogen and oxygen atoms in total. The van der Waals surface area contributed by atoms with Crippen molar-refractivity contribution >= 4 is 5.97 Å². The van der Waals surface area contributed by atoms with Crippen molar-refractivity contribution in [2.75, 3.05) is 7.11 Å². The summed E-state index contributed by atoms with van der Waals surface area (Å²) in [7, 11) is 1.32. The number of carbonyl (C=O) groups is 1. The van der Waals surface area contributed by atoms with Crippen molar-refractivity contribution in [2.45, 2.75) is 0 Å². The van der Waals surface area contributed by atoms with Gasteiger partial charge in [0.1, 0.15) is 17.2 Å². The Morgan fingerprint density at radius 3 is 1.12 bits per heavy atom. The lowest BCUT2D eigenvalue weighted by atomic mass is 10.1. The summed E-state index contributed by atoms with van der Waals surface area (Å²) in [4.78, 5) is 24.8. The first-order valence-electron chi connectivity index (χ1n) is 13.4. The third-order valence-electron chi connectivity index (χ3n) is 6.40. The van der Waals surface area contributed by atoms with Gasteiger partial charge in [-0.1, -0.05) is 84.9 Å². The fraction of sp³-hybridized carbons (Fsp3) is 0.0286. The van der Waals surface area contributed by atoms with Gasteiger partial charge in [-0.2, -0.15) is 0 Å². The summed E-state index contributed by atoms with van der Waals surface area (Å²) in [5.41, 5.74) is 4.67. The van der Waals surface area contributed by atoms with Crippen molar-refractivity contribution in [3.8, 4) is 57.5 Å². The molecule has 0 saturated heterocycles. The van der Waals surface area contributed by atoms with Gasteiger partial charge < -0.3 is 18.9 Å². The highest BCUT2D eigenvalue weighted by Crippen LogP contribution is 2.30. The predicted molar refractivity (Wildman–Crippen MR) is 162 cm³/mol. The lowest BCUT2D eigenvalue weighted by Crippen LogP contribution is -2.02. The summed E-state index contributed by atoms with van der Waals surface area (Å²) >= 11 is 0. The van der Waals surface area contributed by atoms with Crippen molar-refractivity contribution in [3.63, 3.8) is 0 Å². The molecule has 0 saturated carbocycles. The fourth-order valence-corrected chi connectivity index (χ4v) is 4.24. The maximum atomic E-state index is 11.8. The molecule has 0 aliphatic heterocycles. The summed E-state index contributed by atoms with van der Waals surface area (Å²) in [6.45, 7) is 0. The minimum absolute atomic E-state index is 0.0143. The SMILES string of the molecule is COC(=O)c1ccc(Oc2nc(Oc3ccc(-c4ccccc4)cc3)nc(Oc3ccc(-c4ccccc4)cc3)n2)cc1. The van der Waals surface area contributed by atoms with Crippen LogP contribution in [0.5, 0.6) is 35.3 Å². The molecule has 210 valence electrons. The number of rotatable bonds is 9. The van der Waals surface area contributed by atoms with Gasteiger partial charge in [0.2, 0.25) is 0 Å². The maximum Gasteiger partial charge on any atom is 0.337 e. The molecule has 0 atom stereocenters. The van der Waals surface area contributed by atoms with E-state index in [0.29, 0.717) is 22.8 Å². The maximum absolute atomic E-state index is 11.8. The van der Waals surface area contributed by atoms with Crippen LogP contribution in [0.25, 0.3) is 22.3 Å². The summed E-state index contributed by atoms with van der Waals surface area (Å²) in [6, 6.07) is 41.6. The summed E-state index contributed by atoms with van der Waals surface area (Å²) in [6.07, 6.45) is 0. The van der Waals surface area contributed by atoms with Gasteiger partial charge in [0.05, 0.1) is 12.7 Å². The molecule has 6 aromatic rings. The number of hydrogen-bond acceptors (Lipinski definition) is 8. The predicted octanol–water partition coefficient (Wildman–Crippen LogP) is 8.37. The van der Waals surface area contributed by atoms with E-state index in [0.717, 1.165) is 22.3 Å². The van der Waals surface area contributed by atoms with Crippen LogP contribution < -0.4 is 14.2 Å². The standard InChI is InChI=1S/C35H25N3O5/c1-40-32(39)28-16-22-31(23-17-28)43-35-37-33(41-29-18-12-26(13-19-29)24-8-4-2-5-9-24)36-34(38-35)42-30-20-14-27(15-21-30)25-10-6-3-7-11-25/h2-23H,1H3. The molecule has 8 heteroatoms. The summed E-state index contributed by atoms with van der Waals surface area (Å²) in [5, 5.41) is 0.